The summed E-state index contributed by atoms with van der Waals surface area (Å²) in [4.78, 5) is 10.9. The van der Waals surface area contributed by atoms with Crippen molar-refractivity contribution in [2.24, 2.45) is 0 Å². The number of benzene rings is 1. The number of para-hydroxylation sites is 1. The lowest BCUT2D eigenvalue weighted by Crippen LogP contribution is -2.16. The second kappa shape index (κ2) is 5.91. The molecule has 0 aromatic heterocycles. The van der Waals surface area contributed by atoms with Gasteiger partial charge in [-0.05, 0) is 38.8 Å². The van der Waals surface area contributed by atoms with Crippen molar-refractivity contribution >= 4 is 11.4 Å². The molecule has 0 bridgehead atoms. The maximum Gasteiger partial charge on any atom is 0.333 e. The third-order valence-corrected chi connectivity index (χ3v) is 3.26. The first-order valence-electron chi connectivity index (χ1n) is 6.78. The maximum atomic E-state index is 11.3. The highest BCUT2D eigenvalue weighted by atomic mass is 16.6. The quantitative estimate of drug-likeness (QED) is 0.650. The molecule has 0 amide bonds. The lowest BCUT2D eigenvalue weighted by atomic mass is 10.2. The van der Waals surface area contributed by atoms with Gasteiger partial charge in [0.05, 0.1) is 11.0 Å². The lowest BCUT2D eigenvalue weighted by Gasteiger charge is -2.16. The van der Waals surface area contributed by atoms with Crippen molar-refractivity contribution < 1.29 is 9.66 Å². The number of nitro groups is 1. The molecule has 1 aliphatic rings. The molecule has 0 radical (unpaired) electrons. The molecule has 0 unspecified atom stereocenters. The Labute approximate surface area is 113 Å². The van der Waals surface area contributed by atoms with Crippen LogP contribution in [0.25, 0.3) is 0 Å². The van der Waals surface area contributed by atoms with Crippen LogP contribution in [0.3, 0.4) is 0 Å². The number of anilines is 1. The van der Waals surface area contributed by atoms with E-state index in [1.165, 1.54) is 12.8 Å². The third-order valence-electron chi connectivity index (χ3n) is 3.26. The zero-order chi connectivity index (χ0) is 13.8. The Balaban J connectivity index is 2.27. The van der Waals surface area contributed by atoms with E-state index in [2.05, 4.69) is 5.32 Å². The van der Waals surface area contributed by atoms with Crippen molar-refractivity contribution in [2.45, 2.75) is 51.7 Å². The van der Waals surface area contributed by atoms with Crippen molar-refractivity contribution in [1.82, 2.24) is 0 Å². The van der Waals surface area contributed by atoms with Gasteiger partial charge in [0.25, 0.3) is 0 Å². The van der Waals surface area contributed by atoms with Crippen LogP contribution < -0.4 is 10.1 Å². The standard InChI is InChI=1S/C14H20N2O3/c1-10(2)19-13-9-5-8-12(14(13)16(17)18)15-11-6-3-4-7-11/h5,8-11,15H,3-4,6-7H2,1-2H3. The van der Waals surface area contributed by atoms with Crippen molar-refractivity contribution in [1.29, 1.82) is 0 Å². The molecule has 1 fully saturated rings. The van der Waals surface area contributed by atoms with Crippen LogP contribution in [0.4, 0.5) is 11.4 Å². The first-order valence-corrected chi connectivity index (χ1v) is 6.78. The predicted molar refractivity (Wildman–Crippen MR) is 74.7 cm³/mol. The topological polar surface area (TPSA) is 64.4 Å². The van der Waals surface area contributed by atoms with Gasteiger partial charge < -0.3 is 10.1 Å². The second-order valence-corrected chi connectivity index (χ2v) is 5.20. The summed E-state index contributed by atoms with van der Waals surface area (Å²) in [5.74, 6) is 0.336. The van der Waals surface area contributed by atoms with Gasteiger partial charge >= 0.3 is 5.69 Å². The zero-order valence-corrected chi connectivity index (χ0v) is 11.4. The Hall–Kier alpha value is -1.78. The van der Waals surface area contributed by atoms with E-state index in [-0.39, 0.29) is 16.7 Å². The number of ether oxygens (including phenoxy) is 1. The number of nitrogens with zero attached hydrogens (tertiary/aromatic N) is 1. The Kier molecular flexibility index (Phi) is 4.24. The van der Waals surface area contributed by atoms with Crippen LogP contribution in [0, 0.1) is 10.1 Å². The minimum atomic E-state index is -0.366. The van der Waals surface area contributed by atoms with Gasteiger partial charge in [0.1, 0.15) is 5.69 Å². The molecule has 1 N–H and O–H groups in total. The van der Waals surface area contributed by atoms with Gasteiger partial charge in [-0.1, -0.05) is 18.9 Å². The van der Waals surface area contributed by atoms with E-state index >= 15 is 0 Å². The molecule has 2 rings (SSSR count). The first kappa shape index (κ1) is 13.6. The normalized spacial score (nSPS) is 15.7. The summed E-state index contributed by atoms with van der Waals surface area (Å²) in [7, 11) is 0. The number of nitro benzene ring substituents is 1. The average Bonchev–Trinajstić information content (AvgIpc) is 2.80. The Morgan fingerprint density at radius 1 is 1.37 bits per heavy atom. The van der Waals surface area contributed by atoms with Crippen molar-refractivity contribution in [3.63, 3.8) is 0 Å². The summed E-state index contributed by atoms with van der Waals surface area (Å²) >= 11 is 0. The van der Waals surface area contributed by atoms with Crippen molar-refractivity contribution in [2.75, 3.05) is 5.32 Å². The molecule has 0 heterocycles. The maximum absolute atomic E-state index is 11.3. The molecule has 0 atom stereocenters. The van der Waals surface area contributed by atoms with E-state index < -0.39 is 0 Å². The van der Waals surface area contributed by atoms with Crippen molar-refractivity contribution in [3.8, 4) is 5.75 Å². The van der Waals surface area contributed by atoms with E-state index in [0.29, 0.717) is 17.5 Å². The number of nitrogens with one attached hydrogen (secondary N) is 1. The highest BCUT2D eigenvalue weighted by Gasteiger charge is 2.24. The van der Waals surface area contributed by atoms with E-state index in [1.54, 1.807) is 18.2 Å². The van der Waals surface area contributed by atoms with Gasteiger partial charge in [-0.3, -0.25) is 10.1 Å². The second-order valence-electron chi connectivity index (χ2n) is 5.20. The fourth-order valence-electron chi connectivity index (χ4n) is 2.47. The molecule has 1 aliphatic carbocycles. The summed E-state index contributed by atoms with van der Waals surface area (Å²) in [5, 5.41) is 14.6. The number of rotatable bonds is 5. The van der Waals surface area contributed by atoms with Crippen LogP contribution in [-0.2, 0) is 0 Å². The monoisotopic (exact) mass is 264 g/mol. The van der Waals surface area contributed by atoms with Gasteiger partial charge in [-0.2, -0.15) is 0 Å². The summed E-state index contributed by atoms with van der Waals surface area (Å²) < 4.78 is 5.53. The van der Waals surface area contributed by atoms with Crippen LogP contribution in [0.15, 0.2) is 18.2 Å². The summed E-state index contributed by atoms with van der Waals surface area (Å²) in [6.07, 6.45) is 4.44. The zero-order valence-electron chi connectivity index (χ0n) is 11.4. The summed E-state index contributed by atoms with van der Waals surface area (Å²) in [6.45, 7) is 3.72. The molecular weight excluding hydrogens is 244 g/mol. The molecule has 1 aromatic rings. The summed E-state index contributed by atoms with van der Waals surface area (Å²) in [6, 6.07) is 5.54. The molecule has 0 saturated heterocycles. The van der Waals surface area contributed by atoms with Crippen LogP contribution in [0.2, 0.25) is 0 Å². The van der Waals surface area contributed by atoms with Gasteiger partial charge in [0, 0.05) is 6.04 Å². The van der Waals surface area contributed by atoms with E-state index in [4.69, 9.17) is 4.74 Å². The highest BCUT2D eigenvalue weighted by Crippen LogP contribution is 2.37. The molecule has 1 aromatic carbocycles. The molecule has 5 nitrogen and oxygen atoms in total. The Morgan fingerprint density at radius 2 is 2.05 bits per heavy atom. The van der Waals surface area contributed by atoms with Gasteiger partial charge in [0.2, 0.25) is 0 Å². The van der Waals surface area contributed by atoms with Gasteiger partial charge in [-0.15, -0.1) is 0 Å². The van der Waals surface area contributed by atoms with Gasteiger partial charge in [0.15, 0.2) is 5.75 Å². The van der Waals surface area contributed by atoms with E-state index in [1.807, 2.05) is 13.8 Å². The van der Waals surface area contributed by atoms with Crippen molar-refractivity contribution in [3.05, 3.63) is 28.3 Å². The molecule has 0 aliphatic heterocycles. The van der Waals surface area contributed by atoms with Crippen LogP contribution in [-0.4, -0.2) is 17.1 Å². The lowest BCUT2D eigenvalue weighted by molar-refractivity contribution is -0.385. The Morgan fingerprint density at radius 3 is 2.63 bits per heavy atom. The van der Waals surface area contributed by atoms with E-state index in [9.17, 15) is 10.1 Å². The van der Waals surface area contributed by atoms with Gasteiger partial charge in [-0.25, -0.2) is 0 Å². The number of hydrogen-bond acceptors (Lipinski definition) is 4. The Bertz CT molecular complexity index is 454. The highest BCUT2D eigenvalue weighted by molar-refractivity contribution is 5.68. The molecule has 1 saturated carbocycles. The predicted octanol–water partition coefficient (Wildman–Crippen LogP) is 3.74. The SMILES string of the molecule is CC(C)Oc1cccc(NC2CCCC2)c1[N+](=O)[O-]. The smallest absolute Gasteiger partial charge is 0.333 e. The molecule has 0 spiro atoms. The molecule has 5 heteroatoms. The fourth-order valence-corrected chi connectivity index (χ4v) is 2.47. The fraction of sp³-hybridized carbons (Fsp3) is 0.571. The van der Waals surface area contributed by atoms with Crippen LogP contribution in [0.1, 0.15) is 39.5 Å². The first-order chi connectivity index (χ1) is 9.08. The van der Waals surface area contributed by atoms with Crippen LogP contribution in [0.5, 0.6) is 5.75 Å². The third kappa shape index (κ3) is 3.36. The minimum Gasteiger partial charge on any atom is -0.484 e. The molecular formula is C14H20N2O3. The molecule has 19 heavy (non-hydrogen) atoms. The molecule has 104 valence electrons. The average molecular weight is 264 g/mol. The van der Waals surface area contributed by atoms with Crippen LogP contribution >= 0.6 is 0 Å². The minimum absolute atomic E-state index is 0.0445. The summed E-state index contributed by atoms with van der Waals surface area (Å²) in [5.41, 5.74) is 0.609. The van der Waals surface area contributed by atoms with E-state index in [0.717, 1.165) is 12.8 Å². The number of hydrogen-bond donors (Lipinski definition) is 1. The largest absolute Gasteiger partial charge is 0.484 e.